The van der Waals surface area contributed by atoms with Crippen LogP contribution in [0.2, 0.25) is 0 Å². The van der Waals surface area contributed by atoms with Crippen LogP contribution < -0.4 is 5.32 Å². The number of nitrogens with one attached hydrogen (secondary N) is 1. The molecule has 0 aromatic carbocycles. The molecule has 2 saturated heterocycles. The molecule has 2 rings (SSSR count). The highest BCUT2D eigenvalue weighted by Gasteiger charge is 2.34. The first-order valence-corrected chi connectivity index (χ1v) is 7.74. The van der Waals surface area contributed by atoms with Crippen molar-refractivity contribution in [1.82, 2.24) is 15.1 Å². The maximum Gasteiger partial charge on any atom is 0.0223 e. The lowest BCUT2D eigenvalue weighted by Gasteiger charge is -2.28. The summed E-state index contributed by atoms with van der Waals surface area (Å²) < 4.78 is 0. The van der Waals surface area contributed by atoms with Gasteiger partial charge in [-0.15, -0.1) is 0 Å². The van der Waals surface area contributed by atoms with Crippen molar-refractivity contribution in [3.05, 3.63) is 0 Å². The molecule has 0 aromatic rings. The van der Waals surface area contributed by atoms with Gasteiger partial charge in [0.25, 0.3) is 0 Å². The molecule has 18 heavy (non-hydrogen) atoms. The second-order valence-electron chi connectivity index (χ2n) is 6.77. The van der Waals surface area contributed by atoms with E-state index in [1.807, 2.05) is 0 Å². The van der Waals surface area contributed by atoms with Crippen molar-refractivity contribution in [1.29, 1.82) is 0 Å². The maximum atomic E-state index is 3.56. The fourth-order valence-corrected chi connectivity index (χ4v) is 3.49. The lowest BCUT2D eigenvalue weighted by molar-refractivity contribution is 0.199. The number of fused-ring (bicyclic) bond motifs is 2. The Morgan fingerprint density at radius 3 is 2.56 bits per heavy atom. The second-order valence-corrected chi connectivity index (χ2v) is 6.77. The molecule has 2 fully saturated rings. The van der Waals surface area contributed by atoms with Gasteiger partial charge in [-0.2, -0.15) is 0 Å². The second kappa shape index (κ2) is 6.36. The van der Waals surface area contributed by atoms with E-state index < -0.39 is 0 Å². The van der Waals surface area contributed by atoms with Crippen molar-refractivity contribution >= 4 is 0 Å². The molecule has 0 aliphatic carbocycles. The Labute approximate surface area is 113 Å². The predicted molar refractivity (Wildman–Crippen MR) is 77.9 cm³/mol. The van der Waals surface area contributed by atoms with Gasteiger partial charge < -0.3 is 10.2 Å². The van der Waals surface area contributed by atoms with E-state index in [9.17, 15) is 0 Å². The van der Waals surface area contributed by atoms with Crippen LogP contribution in [-0.2, 0) is 0 Å². The van der Waals surface area contributed by atoms with Crippen LogP contribution in [0.5, 0.6) is 0 Å². The molecular formula is C15H31N3. The van der Waals surface area contributed by atoms with Crippen LogP contribution in [0, 0.1) is 5.92 Å². The largest absolute Gasteiger partial charge is 0.314 e. The van der Waals surface area contributed by atoms with Crippen molar-refractivity contribution in [3.8, 4) is 0 Å². The smallest absolute Gasteiger partial charge is 0.0223 e. The third-order valence-electron chi connectivity index (χ3n) is 4.68. The molecule has 2 bridgehead atoms. The van der Waals surface area contributed by atoms with Crippen molar-refractivity contribution in [3.63, 3.8) is 0 Å². The molecule has 2 heterocycles. The fraction of sp³-hybridized carbons (Fsp3) is 1.00. The lowest BCUT2D eigenvalue weighted by atomic mass is 10.1. The van der Waals surface area contributed by atoms with E-state index in [4.69, 9.17) is 0 Å². The summed E-state index contributed by atoms with van der Waals surface area (Å²) in [4.78, 5) is 5.34. The van der Waals surface area contributed by atoms with E-state index in [2.05, 4.69) is 42.9 Å². The maximum absolute atomic E-state index is 3.56. The molecule has 0 saturated carbocycles. The first-order valence-electron chi connectivity index (χ1n) is 7.74. The SMILES string of the molecule is CC(CNC(C)C)CN1CCC2CCC(C1)N2C. The highest BCUT2D eigenvalue weighted by Crippen LogP contribution is 2.28. The Morgan fingerprint density at radius 1 is 1.11 bits per heavy atom. The van der Waals surface area contributed by atoms with Gasteiger partial charge in [0.05, 0.1) is 0 Å². The van der Waals surface area contributed by atoms with Crippen molar-refractivity contribution < 1.29 is 0 Å². The monoisotopic (exact) mass is 253 g/mol. The van der Waals surface area contributed by atoms with E-state index >= 15 is 0 Å². The molecule has 3 atom stereocenters. The number of nitrogens with zero attached hydrogens (tertiary/aromatic N) is 2. The molecule has 106 valence electrons. The van der Waals surface area contributed by atoms with Gasteiger partial charge in [0.15, 0.2) is 0 Å². The van der Waals surface area contributed by atoms with Crippen LogP contribution in [-0.4, -0.2) is 61.2 Å². The van der Waals surface area contributed by atoms with Gasteiger partial charge >= 0.3 is 0 Å². The Hall–Kier alpha value is -0.120. The molecule has 1 N–H and O–H groups in total. The Kier molecular flexibility index (Phi) is 5.05. The standard InChI is InChI=1S/C15H31N3/c1-12(2)16-9-13(3)10-18-8-7-14-5-6-15(11-18)17(14)4/h12-16H,5-11H2,1-4H3. The molecule has 0 aromatic heterocycles. The summed E-state index contributed by atoms with van der Waals surface area (Å²) in [6.07, 6.45) is 4.22. The van der Waals surface area contributed by atoms with E-state index in [-0.39, 0.29) is 0 Å². The van der Waals surface area contributed by atoms with Crippen molar-refractivity contribution in [2.45, 2.75) is 58.2 Å². The third kappa shape index (κ3) is 3.69. The third-order valence-corrected chi connectivity index (χ3v) is 4.68. The summed E-state index contributed by atoms with van der Waals surface area (Å²) >= 11 is 0. The van der Waals surface area contributed by atoms with Crippen molar-refractivity contribution in [2.75, 3.05) is 33.2 Å². The predicted octanol–water partition coefficient (Wildman–Crippen LogP) is 1.79. The molecule has 0 spiro atoms. The van der Waals surface area contributed by atoms with Gasteiger partial charge in [-0.3, -0.25) is 4.90 Å². The summed E-state index contributed by atoms with van der Waals surface area (Å²) in [6, 6.07) is 2.30. The van der Waals surface area contributed by atoms with Crippen LogP contribution >= 0.6 is 0 Å². The quantitative estimate of drug-likeness (QED) is 0.806. The first kappa shape index (κ1) is 14.3. The lowest BCUT2D eigenvalue weighted by Crippen LogP contribution is -2.40. The van der Waals surface area contributed by atoms with Crippen LogP contribution in [0.4, 0.5) is 0 Å². The zero-order valence-electron chi connectivity index (χ0n) is 12.7. The van der Waals surface area contributed by atoms with Gasteiger partial charge in [0, 0.05) is 31.2 Å². The number of rotatable bonds is 5. The van der Waals surface area contributed by atoms with E-state index in [0.29, 0.717) is 6.04 Å². The highest BCUT2D eigenvalue weighted by atomic mass is 15.3. The zero-order valence-corrected chi connectivity index (χ0v) is 12.7. The summed E-state index contributed by atoms with van der Waals surface area (Å²) in [7, 11) is 2.33. The van der Waals surface area contributed by atoms with Gasteiger partial charge in [0.2, 0.25) is 0 Å². The van der Waals surface area contributed by atoms with Gasteiger partial charge in [-0.1, -0.05) is 20.8 Å². The number of likely N-dealkylation sites (tertiary alicyclic amines) is 1. The Morgan fingerprint density at radius 2 is 1.83 bits per heavy atom. The minimum Gasteiger partial charge on any atom is -0.314 e. The molecule has 2 aliphatic rings. The van der Waals surface area contributed by atoms with Gasteiger partial charge in [-0.05, 0) is 45.3 Å². The molecule has 0 radical (unpaired) electrons. The zero-order chi connectivity index (χ0) is 13.1. The minimum atomic E-state index is 0.610. The summed E-state index contributed by atoms with van der Waals surface area (Å²) in [5.74, 6) is 0.759. The van der Waals surface area contributed by atoms with Gasteiger partial charge in [0.1, 0.15) is 0 Å². The summed E-state index contributed by atoms with van der Waals surface area (Å²) in [5.41, 5.74) is 0. The molecule has 2 aliphatic heterocycles. The number of likely N-dealkylation sites (N-methyl/N-ethyl adjacent to an activating group) is 1. The number of hydrogen-bond donors (Lipinski definition) is 1. The van der Waals surface area contributed by atoms with Crippen LogP contribution in [0.1, 0.15) is 40.0 Å². The molecular weight excluding hydrogens is 222 g/mol. The van der Waals surface area contributed by atoms with Gasteiger partial charge in [-0.25, -0.2) is 0 Å². The first-order chi connectivity index (χ1) is 8.56. The Bertz CT molecular complexity index is 254. The average Bonchev–Trinajstić information content (AvgIpc) is 2.55. The summed E-state index contributed by atoms with van der Waals surface area (Å²) in [6.45, 7) is 11.8. The summed E-state index contributed by atoms with van der Waals surface area (Å²) in [5, 5.41) is 3.56. The van der Waals surface area contributed by atoms with Crippen LogP contribution in [0.25, 0.3) is 0 Å². The highest BCUT2D eigenvalue weighted by molar-refractivity contribution is 4.91. The van der Waals surface area contributed by atoms with Crippen molar-refractivity contribution in [2.24, 2.45) is 5.92 Å². The topological polar surface area (TPSA) is 18.5 Å². The average molecular weight is 253 g/mol. The van der Waals surface area contributed by atoms with E-state index in [1.165, 1.54) is 38.9 Å². The number of hydrogen-bond acceptors (Lipinski definition) is 3. The fourth-order valence-electron chi connectivity index (χ4n) is 3.49. The van der Waals surface area contributed by atoms with E-state index in [1.54, 1.807) is 0 Å². The molecule has 3 heteroatoms. The molecule has 0 amide bonds. The van der Waals surface area contributed by atoms with Crippen LogP contribution in [0.15, 0.2) is 0 Å². The van der Waals surface area contributed by atoms with Crippen LogP contribution in [0.3, 0.4) is 0 Å². The molecule has 3 nitrogen and oxygen atoms in total. The van der Waals surface area contributed by atoms with E-state index in [0.717, 1.165) is 24.5 Å². The molecule has 3 unspecified atom stereocenters. The minimum absolute atomic E-state index is 0.610. The Balaban J connectivity index is 1.76. The normalized spacial score (nSPS) is 31.8.